The van der Waals surface area contributed by atoms with E-state index in [9.17, 15) is 52.0 Å². The predicted octanol–water partition coefficient (Wildman–Crippen LogP) is 4.20. The van der Waals surface area contributed by atoms with Crippen molar-refractivity contribution >= 4 is 11.9 Å². The van der Waals surface area contributed by atoms with Gasteiger partial charge in [0.25, 0.3) is 0 Å². The fourth-order valence-corrected chi connectivity index (χ4v) is 10.2. The van der Waals surface area contributed by atoms with E-state index < -0.39 is 62.7 Å². The maximum absolute atomic E-state index is 12.9. The Balaban J connectivity index is 0.000000173. The molecular formula is C30H43F5O8. The molecule has 0 aliphatic heterocycles. The lowest BCUT2D eigenvalue weighted by Crippen LogP contribution is -2.64. The topological polar surface area (TPSA) is 134 Å². The average molecular weight is 627 g/mol. The second kappa shape index (κ2) is 9.72. The van der Waals surface area contributed by atoms with E-state index in [0.29, 0.717) is 77.6 Å². The first kappa shape index (κ1) is 32.8. The number of halogens is 5. The van der Waals surface area contributed by atoms with Gasteiger partial charge in [-0.25, -0.2) is 4.79 Å². The van der Waals surface area contributed by atoms with E-state index in [-0.39, 0.29) is 25.0 Å². The largest absolute Gasteiger partial charge is 0.464 e. The number of carbonyl (C=O) groups is 2. The van der Waals surface area contributed by atoms with Crippen molar-refractivity contribution in [1.29, 1.82) is 0 Å². The molecule has 8 aliphatic rings. The summed E-state index contributed by atoms with van der Waals surface area (Å²) in [5.41, 5.74) is -7.57. The number of hydrogen-bond acceptors (Lipinski definition) is 8. The van der Waals surface area contributed by atoms with Crippen LogP contribution < -0.4 is 0 Å². The van der Waals surface area contributed by atoms with Crippen LogP contribution in [0.2, 0.25) is 0 Å². The van der Waals surface area contributed by atoms with Gasteiger partial charge >= 0.3 is 24.0 Å². The molecule has 0 aromatic carbocycles. The zero-order valence-electron chi connectivity index (χ0n) is 24.9. The second-order valence-electron chi connectivity index (χ2n) is 16.1. The standard InChI is InChI=1S/C16H23F3O4.C14H20F2O4/c1-12(2,16(17,18)19)11(20)23-9-13-3-10-4-14(21,6-13)8-15(22,5-10)7-13;1-11(15,16)10(17)20-8-12-2-9-3-13(18,5-12)7-14(19,4-9)6-12/h10,21-22H,3-9H2,1-2H3;9,18-19H,2-8H2,1H3. The summed E-state index contributed by atoms with van der Waals surface area (Å²) in [5, 5.41) is 42.2. The third kappa shape index (κ3) is 6.29. The fraction of sp³-hybridized carbons (Fsp3) is 0.933. The summed E-state index contributed by atoms with van der Waals surface area (Å²) in [4.78, 5) is 23.1. The van der Waals surface area contributed by atoms with Crippen LogP contribution in [0.15, 0.2) is 0 Å². The molecule has 4 N–H and O–H groups in total. The van der Waals surface area contributed by atoms with Crippen LogP contribution in [0.5, 0.6) is 0 Å². The summed E-state index contributed by atoms with van der Waals surface area (Å²) in [6.45, 7) is 1.80. The van der Waals surface area contributed by atoms with Gasteiger partial charge in [-0.15, -0.1) is 0 Å². The predicted molar refractivity (Wildman–Crippen MR) is 139 cm³/mol. The summed E-state index contributed by atoms with van der Waals surface area (Å²) < 4.78 is 74.2. The normalized spacial score (nSPS) is 44.6. The van der Waals surface area contributed by atoms with E-state index in [4.69, 9.17) is 9.47 Å². The molecule has 0 heterocycles. The molecule has 0 aromatic rings. The van der Waals surface area contributed by atoms with Crippen molar-refractivity contribution < 1.29 is 61.4 Å². The maximum Gasteiger partial charge on any atom is 0.404 e. The molecule has 4 unspecified atom stereocenters. The Kier molecular flexibility index (Phi) is 7.41. The molecule has 43 heavy (non-hydrogen) atoms. The summed E-state index contributed by atoms with van der Waals surface area (Å²) in [5.74, 6) is -6.03. The van der Waals surface area contributed by atoms with Crippen molar-refractivity contribution in [2.75, 3.05) is 13.2 Å². The number of rotatable bonds is 6. The van der Waals surface area contributed by atoms with Crippen LogP contribution in [0.4, 0.5) is 22.0 Å². The molecule has 4 atom stereocenters. The van der Waals surface area contributed by atoms with E-state index >= 15 is 0 Å². The quantitative estimate of drug-likeness (QED) is 0.255. The van der Waals surface area contributed by atoms with E-state index in [2.05, 4.69) is 0 Å². The lowest BCUT2D eigenvalue weighted by molar-refractivity contribution is -0.249. The van der Waals surface area contributed by atoms with E-state index in [1.54, 1.807) is 0 Å². The lowest BCUT2D eigenvalue weighted by atomic mass is 9.46. The monoisotopic (exact) mass is 626 g/mol. The Morgan fingerprint density at radius 2 is 0.930 bits per heavy atom. The minimum atomic E-state index is -4.68. The Hall–Kier alpha value is -1.57. The van der Waals surface area contributed by atoms with Gasteiger partial charge in [0.05, 0.1) is 35.6 Å². The molecule has 8 saturated carbocycles. The van der Waals surface area contributed by atoms with E-state index in [0.717, 1.165) is 20.3 Å². The number of esters is 2. The van der Waals surface area contributed by atoms with Crippen LogP contribution in [0.3, 0.4) is 0 Å². The Labute approximate surface area is 247 Å². The molecule has 8 bridgehead atoms. The third-order valence-corrected chi connectivity index (χ3v) is 10.8. The second-order valence-corrected chi connectivity index (χ2v) is 16.1. The molecule has 0 radical (unpaired) electrons. The van der Waals surface area contributed by atoms with E-state index in [1.807, 2.05) is 0 Å². The van der Waals surface area contributed by atoms with Gasteiger partial charge < -0.3 is 29.9 Å². The highest BCUT2D eigenvalue weighted by Crippen LogP contribution is 2.64. The van der Waals surface area contributed by atoms with Crippen LogP contribution in [0.25, 0.3) is 0 Å². The van der Waals surface area contributed by atoms with Crippen molar-refractivity contribution in [3.8, 4) is 0 Å². The molecule has 8 nitrogen and oxygen atoms in total. The van der Waals surface area contributed by atoms with Gasteiger partial charge in [-0.1, -0.05) is 0 Å². The lowest BCUT2D eigenvalue weighted by Gasteiger charge is -2.63. The zero-order valence-corrected chi connectivity index (χ0v) is 24.9. The molecular weight excluding hydrogens is 583 g/mol. The van der Waals surface area contributed by atoms with Crippen LogP contribution in [0.1, 0.15) is 97.8 Å². The van der Waals surface area contributed by atoms with Gasteiger partial charge in [0.1, 0.15) is 0 Å². The maximum atomic E-state index is 12.9. The number of carbonyl (C=O) groups excluding carboxylic acids is 2. The Bertz CT molecular complexity index is 1110. The van der Waals surface area contributed by atoms with Crippen molar-refractivity contribution in [3.05, 3.63) is 0 Å². The summed E-state index contributed by atoms with van der Waals surface area (Å²) in [6.07, 6.45) is 1.47. The van der Waals surface area contributed by atoms with Crippen molar-refractivity contribution in [1.82, 2.24) is 0 Å². The highest BCUT2D eigenvalue weighted by molar-refractivity contribution is 5.77. The average Bonchev–Trinajstić information content (AvgIpc) is 2.75. The van der Waals surface area contributed by atoms with Gasteiger partial charge in [0, 0.05) is 30.6 Å². The number of hydrogen-bond donors (Lipinski definition) is 4. The molecule has 0 spiro atoms. The molecule has 246 valence electrons. The zero-order chi connectivity index (χ0) is 32.1. The molecule has 13 heteroatoms. The van der Waals surface area contributed by atoms with Crippen molar-refractivity contribution in [2.24, 2.45) is 28.1 Å². The molecule has 8 rings (SSSR count). The minimum absolute atomic E-state index is 0.135. The number of alkyl halides is 5. The van der Waals surface area contributed by atoms with Crippen molar-refractivity contribution in [2.45, 2.75) is 132 Å². The molecule has 8 aliphatic carbocycles. The SMILES string of the molecule is CC(C)(C(=O)OCC12CC3CC(O)(CC(O)(C3)C1)C2)C(F)(F)F.CC(F)(F)C(=O)OCC12CC3CC(O)(CC(O)(C3)C1)C2. The first-order valence-electron chi connectivity index (χ1n) is 15.0. The van der Waals surface area contributed by atoms with Gasteiger partial charge in [-0.3, -0.25) is 4.79 Å². The van der Waals surface area contributed by atoms with Crippen LogP contribution in [-0.4, -0.2) is 80.1 Å². The molecule has 0 saturated heterocycles. The molecule has 8 fully saturated rings. The first-order chi connectivity index (χ1) is 19.3. The van der Waals surface area contributed by atoms with Gasteiger partial charge in [0.2, 0.25) is 0 Å². The van der Waals surface area contributed by atoms with E-state index in [1.165, 1.54) is 0 Å². The highest BCUT2D eigenvalue weighted by atomic mass is 19.4. The number of ether oxygens (including phenoxy) is 2. The Morgan fingerprint density at radius 1 is 0.605 bits per heavy atom. The van der Waals surface area contributed by atoms with Gasteiger partial charge in [0.15, 0.2) is 5.41 Å². The van der Waals surface area contributed by atoms with Crippen LogP contribution in [-0.2, 0) is 19.1 Å². The fourth-order valence-electron chi connectivity index (χ4n) is 10.2. The smallest absolute Gasteiger partial charge is 0.404 e. The van der Waals surface area contributed by atoms with Crippen LogP contribution in [0, 0.1) is 28.1 Å². The molecule has 0 aromatic heterocycles. The van der Waals surface area contributed by atoms with Gasteiger partial charge in [-0.05, 0) is 89.9 Å². The summed E-state index contributed by atoms with van der Waals surface area (Å²) in [6, 6.07) is 0. The summed E-state index contributed by atoms with van der Waals surface area (Å²) >= 11 is 0. The summed E-state index contributed by atoms with van der Waals surface area (Å²) in [7, 11) is 0. The highest BCUT2D eigenvalue weighted by Gasteiger charge is 2.65. The van der Waals surface area contributed by atoms with Crippen LogP contribution >= 0.6 is 0 Å². The Morgan fingerprint density at radius 3 is 1.21 bits per heavy atom. The minimum Gasteiger partial charge on any atom is -0.464 e. The number of aliphatic hydroxyl groups is 4. The third-order valence-electron chi connectivity index (χ3n) is 10.8. The first-order valence-corrected chi connectivity index (χ1v) is 15.0. The van der Waals surface area contributed by atoms with Crippen molar-refractivity contribution in [3.63, 3.8) is 0 Å². The van der Waals surface area contributed by atoms with Gasteiger partial charge in [-0.2, -0.15) is 22.0 Å². The molecule has 0 amide bonds.